The molecule has 17 heavy (non-hydrogen) atoms. The second kappa shape index (κ2) is 4.83. The highest BCUT2D eigenvalue weighted by Gasteiger charge is 2.03. The molecule has 0 amide bonds. The lowest BCUT2D eigenvalue weighted by molar-refractivity contribution is 0.0988. The average molecular weight is 225 g/mol. The van der Waals surface area contributed by atoms with E-state index in [-0.39, 0.29) is 5.78 Å². The van der Waals surface area contributed by atoms with E-state index in [2.05, 4.69) is 0 Å². The zero-order valence-corrected chi connectivity index (χ0v) is 9.81. The number of hydrogen-bond donors (Lipinski definition) is 1. The van der Waals surface area contributed by atoms with Crippen LogP contribution in [0.1, 0.15) is 23.7 Å². The second-order valence-electron chi connectivity index (χ2n) is 3.98. The maximum atomic E-state index is 11.5. The van der Waals surface area contributed by atoms with Gasteiger partial charge < -0.3 is 5.73 Å². The fourth-order valence-corrected chi connectivity index (χ4v) is 1.73. The first-order valence-corrected chi connectivity index (χ1v) is 5.70. The summed E-state index contributed by atoms with van der Waals surface area (Å²) >= 11 is 0. The third-order valence-electron chi connectivity index (χ3n) is 2.77. The number of carbonyl (C=O) groups excluding carboxylic acids is 1. The molecule has 0 aromatic heterocycles. The van der Waals surface area contributed by atoms with Crippen LogP contribution in [0.25, 0.3) is 11.1 Å². The molecule has 2 aromatic carbocycles. The first-order chi connectivity index (χ1) is 8.20. The number of ketones is 1. The van der Waals surface area contributed by atoms with Gasteiger partial charge in [-0.1, -0.05) is 43.3 Å². The molecule has 0 heterocycles. The third kappa shape index (κ3) is 2.53. The minimum Gasteiger partial charge on any atom is -0.399 e. The predicted octanol–water partition coefficient (Wildman–Crippen LogP) is 3.53. The quantitative estimate of drug-likeness (QED) is 0.641. The van der Waals surface area contributed by atoms with Crippen molar-refractivity contribution in [3.05, 3.63) is 54.1 Å². The molecule has 0 saturated carbocycles. The molecule has 2 heteroatoms. The SMILES string of the molecule is CCC(=O)c1ccc(-c2ccc(N)cc2)cc1. The van der Waals surface area contributed by atoms with Gasteiger partial charge in [-0.15, -0.1) is 0 Å². The molecule has 2 nitrogen and oxygen atoms in total. The maximum absolute atomic E-state index is 11.5. The van der Waals surface area contributed by atoms with Crippen LogP contribution in [-0.4, -0.2) is 5.78 Å². The van der Waals surface area contributed by atoms with Crippen molar-refractivity contribution in [2.45, 2.75) is 13.3 Å². The zero-order valence-electron chi connectivity index (χ0n) is 9.81. The van der Waals surface area contributed by atoms with Crippen molar-refractivity contribution in [2.24, 2.45) is 0 Å². The highest BCUT2D eigenvalue weighted by Crippen LogP contribution is 2.21. The molecule has 0 spiro atoms. The van der Waals surface area contributed by atoms with E-state index in [1.807, 2.05) is 55.5 Å². The molecule has 86 valence electrons. The number of nitrogen functional groups attached to an aromatic ring is 1. The Kier molecular flexibility index (Phi) is 3.24. The molecule has 0 aliphatic carbocycles. The predicted molar refractivity (Wildman–Crippen MR) is 70.9 cm³/mol. The van der Waals surface area contributed by atoms with Gasteiger partial charge in [-0.25, -0.2) is 0 Å². The smallest absolute Gasteiger partial charge is 0.162 e. The van der Waals surface area contributed by atoms with Crippen molar-refractivity contribution >= 4 is 11.5 Å². The fourth-order valence-electron chi connectivity index (χ4n) is 1.73. The van der Waals surface area contributed by atoms with Crippen LogP contribution in [0.2, 0.25) is 0 Å². The van der Waals surface area contributed by atoms with Gasteiger partial charge in [0, 0.05) is 17.7 Å². The van der Waals surface area contributed by atoms with Crippen LogP contribution in [0.5, 0.6) is 0 Å². The van der Waals surface area contributed by atoms with Gasteiger partial charge in [-0.05, 0) is 23.3 Å². The summed E-state index contributed by atoms with van der Waals surface area (Å²) in [5.74, 6) is 0.175. The molecule has 2 rings (SSSR count). The molecule has 0 bridgehead atoms. The van der Waals surface area contributed by atoms with Crippen LogP contribution in [-0.2, 0) is 0 Å². The molecule has 2 aromatic rings. The van der Waals surface area contributed by atoms with E-state index in [1.165, 1.54) is 0 Å². The molecule has 0 saturated heterocycles. The zero-order chi connectivity index (χ0) is 12.3. The number of nitrogens with two attached hydrogens (primary N) is 1. The van der Waals surface area contributed by atoms with Crippen LogP contribution in [0.15, 0.2) is 48.5 Å². The summed E-state index contributed by atoms with van der Waals surface area (Å²) in [6.07, 6.45) is 0.543. The van der Waals surface area contributed by atoms with E-state index in [0.29, 0.717) is 6.42 Å². The van der Waals surface area contributed by atoms with Gasteiger partial charge in [-0.2, -0.15) is 0 Å². The Hall–Kier alpha value is -2.09. The summed E-state index contributed by atoms with van der Waals surface area (Å²) in [7, 11) is 0. The molecular weight excluding hydrogens is 210 g/mol. The third-order valence-corrected chi connectivity index (χ3v) is 2.77. The lowest BCUT2D eigenvalue weighted by Crippen LogP contribution is -1.95. The molecule has 0 aliphatic rings. The fraction of sp³-hybridized carbons (Fsp3) is 0.133. The van der Waals surface area contributed by atoms with Gasteiger partial charge in [0.2, 0.25) is 0 Å². The average Bonchev–Trinajstić information content (AvgIpc) is 2.39. The minimum atomic E-state index is 0.175. The van der Waals surface area contributed by atoms with E-state index < -0.39 is 0 Å². The molecule has 2 N–H and O–H groups in total. The van der Waals surface area contributed by atoms with Crippen molar-refractivity contribution in [1.29, 1.82) is 0 Å². The normalized spacial score (nSPS) is 10.2. The van der Waals surface area contributed by atoms with Gasteiger partial charge in [0.05, 0.1) is 0 Å². The Balaban J connectivity index is 2.29. The number of carbonyl (C=O) groups is 1. The van der Waals surface area contributed by atoms with E-state index in [1.54, 1.807) is 0 Å². The number of anilines is 1. The van der Waals surface area contributed by atoms with Gasteiger partial charge in [0.25, 0.3) is 0 Å². The van der Waals surface area contributed by atoms with Gasteiger partial charge in [0.1, 0.15) is 0 Å². The second-order valence-corrected chi connectivity index (χ2v) is 3.98. The summed E-state index contributed by atoms with van der Waals surface area (Å²) in [6, 6.07) is 15.4. The molecule has 0 aliphatic heterocycles. The number of rotatable bonds is 3. The summed E-state index contributed by atoms with van der Waals surface area (Å²) in [4.78, 5) is 11.5. The summed E-state index contributed by atoms with van der Waals surface area (Å²) in [5, 5.41) is 0. The van der Waals surface area contributed by atoms with Gasteiger partial charge in [-0.3, -0.25) is 4.79 Å². The highest BCUT2D eigenvalue weighted by molar-refractivity contribution is 5.96. The van der Waals surface area contributed by atoms with Gasteiger partial charge >= 0.3 is 0 Å². The van der Waals surface area contributed by atoms with E-state index >= 15 is 0 Å². The standard InChI is InChI=1S/C15H15NO/c1-2-15(17)13-5-3-11(4-6-13)12-7-9-14(16)10-8-12/h3-10H,2,16H2,1H3. The van der Waals surface area contributed by atoms with Crippen molar-refractivity contribution in [1.82, 2.24) is 0 Å². The molecular formula is C15H15NO. The van der Waals surface area contributed by atoms with Gasteiger partial charge in [0.15, 0.2) is 5.78 Å². The molecule has 0 fully saturated rings. The summed E-state index contributed by atoms with van der Waals surface area (Å²) in [5.41, 5.74) is 9.37. The van der Waals surface area contributed by atoms with E-state index in [0.717, 1.165) is 22.4 Å². The lowest BCUT2D eigenvalue weighted by Gasteiger charge is -2.03. The van der Waals surface area contributed by atoms with Crippen molar-refractivity contribution in [3.8, 4) is 11.1 Å². The monoisotopic (exact) mass is 225 g/mol. The van der Waals surface area contributed by atoms with Crippen molar-refractivity contribution in [2.75, 3.05) is 5.73 Å². The Bertz CT molecular complexity index is 512. The van der Waals surface area contributed by atoms with Crippen LogP contribution < -0.4 is 5.73 Å². The molecule has 0 atom stereocenters. The Labute approximate surface area is 101 Å². The first kappa shape index (κ1) is 11.4. The lowest BCUT2D eigenvalue weighted by atomic mass is 10.0. The van der Waals surface area contributed by atoms with Crippen LogP contribution in [0, 0.1) is 0 Å². The summed E-state index contributed by atoms with van der Waals surface area (Å²) < 4.78 is 0. The number of Topliss-reactive ketones (excluding diaryl/α,β-unsaturated/α-hetero) is 1. The van der Waals surface area contributed by atoms with Crippen LogP contribution in [0.4, 0.5) is 5.69 Å². The highest BCUT2D eigenvalue weighted by atomic mass is 16.1. The van der Waals surface area contributed by atoms with Crippen LogP contribution in [0.3, 0.4) is 0 Å². The Morgan fingerprint density at radius 1 is 0.941 bits per heavy atom. The topological polar surface area (TPSA) is 43.1 Å². The molecule has 0 radical (unpaired) electrons. The van der Waals surface area contributed by atoms with Crippen molar-refractivity contribution in [3.63, 3.8) is 0 Å². The maximum Gasteiger partial charge on any atom is 0.162 e. The minimum absolute atomic E-state index is 0.175. The first-order valence-electron chi connectivity index (χ1n) is 5.70. The van der Waals surface area contributed by atoms with E-state index in [4.69, 9.17) is 5.73 Å². The number of hydrogen-bond acceptors (Lipinski definition) is 2. The number of benzene rings is 2. The Morgan fingerprint density at radius 3 is 1.88 bits per heavy atom. The largest absolute Gasteiger partial charge is 0.399 e. The van der Waals surface area contributed by atoms with Crippen LogP contribution >= 0.6 is 0 Å². The van der Waals surface area contributed by atoms with Crippen molar-refractivity contribution < 1.29 is 4.79 Å². The summed E-state index contributed by atoms with van der Waals surface area (Å²) in [6.45, 7) is 1.87. The Morgan fingerprint density at radius 2 is 1.41 bits per heavy atom. The molecule has 0 unspecified atom stereocenters. The van der Waals surface area contributed by atoms with E-state index in [9.17, 15) is 4.79 Å².